The Morgan fingerprint density at radius 2 is 1.62 bits per heavy atom. The van der Waals surface area contributed by atoms with Crippen LogP contribution in [0.2, 0.25) is 0 Å². The van der Waals surface area contributed by atoms with E-state index in [2.05, 4.69) is 62.3 Å². The van der Waals surface area contributed by atoms with Crippen molar-refractivity contribution in [3.63, 3.8) is 0 Å². The lowest BCUT2D eigenvalue weighted by Crippen LogP contribution is -2.13. The van der Waals surface area contributed by atoms with Gasteiger partial charge in [0.15, 0.2) is 0 Å². The fourth-order valence-corrected chi connectivity index (χ4v) is 2.15. The number of nitrogens with one attached hydrogen (secondary N) is 1. The summed E-state index contributed by atoms with van der Waals surface area (Å²) in [7, 11) is 0. The maximum atomic E-state index is 3.50. The van der Waals surface area contributed by atoms with Gasteiger partial charge in [-0.3, -0.25) is 4.72 Å². The monoisotopic (exact) mass is 239 g/mol. The molecule has 0 heterocycles. The molecule has 92 valence electrons. The topological polar surface area (TPSA) is 12.0 Å². The smallest absolute Gasteiger partial charge is 0.00815 e. The molecule has 0 spiro atoms. The highest BCUT2D eigenvalue weighted by Gasteiger charge is 2.12. The molecular weight excluding hydrogens is 214 g/mol. The number of rotatable bonds is 4. The largest absolute Gasteiger partial charge is 0.283 e. The molecule has 0 amide bonds. The Bertz CT molecular complexity index is 309. The highest BCUT2D eigenvalue weighted by Crippen LogP contribution is 2.22. The van der Waals surface area contributed by atoms with Crippen molar-refractivity contribution in [1.29, 1.82) is 0 Å². The Morgan fingerprint density at radius 3 is 2.06 bits per heavy atom. The number of hydrogen-bond donors (Lipinski definition) is 2. The van der Waals surface area contributed by atoms with Crippen molar-refractivity contribution >= 4 is 11.1 Å². The molecule has 0 aliphatic carbocycles. The van der Waals surface area contributed by atoms with Gasteiger partial charge in [-0.25, -0.2) is 11.1 Å². The van der Waals surface area contributed by atoms with Crippen LogP contribution in [0.1, 0.15) is 31.9 Å². The Kier molecular flexibility index (Phi) is 4.88. The van der Waals surface area contributed by atoms with Crippen LogP contribution in [-0.2, 0) is 11.8 Å². The van der Waals surface area contributed by atoms with E-state index in [9.17, 15) is 0 Å². The maximum Gasteiger partial charge on any atom is 0.00815 e. The summed E-state index contributed by atoms with van der Waals surface area (Å²) in [6.45, 7) is 7.86. The van der Waals surface area contributed by atoms with E-state index in [4.69, 9.17) is 0 Å². The minimum atomic E-state index is 0.0285. The van der Waals surface area contributed by atoms with Gasteiger partial charge < -0.3 is 0 Å². The lowest BCUT2D eigenvalue weighted by atomic mass is 9.86. The summed E-state index contributed by atoms with van der Waals surface area (Å²) in [6, 6.07) is 9.04. The lowest BCUT2D eigenvalue weighted by Gasteiger charge is -2.19. The predicted octanol–water partition coefficient (Wildman–Crippen LogP) is 3.29. The molecule has 16 heavy (non-hydrogen) atoms. The van der Waals surface area contributed by atoms with Crippen LogP contribution < -0.4 is 4.72 Å². The van der Waals surface area contributed by atoms with Crippen LogP contribution in [0.25, 0.3) is 0 Å². The van der Waals surface area contributed by atoms with Gasteiger partial charge in [0.25, 0.3) is 0 Å². The zero-order valence-corrected chi connectivity index (χ0v) is 12.1. The summed E-state index contributed by atoms with van der Waals surface area (Å²) >= 11 is 0.0285. The quantitative estimate of drug-likeness (QED) is 0.768. The SMILES string of the molecule is C[SH](C)NCCc1ccc(C(C)(C)C)cc1. The van der Waals surface area contributed by atoms with Crippen molar-refractivity contribution in [2.75, 3.05) is 19.1 Å². The molecular formula is C14H25NS. The fraction of sp³-hybridized carbons (Fsp3) is 0.571. The van der Waals surface area contributed by atoms with Gasteiger partial charge in [-0.2, -0.15) is 0 Å². The van der Waals surface area contributed by atoms with Crippen LogP contribution in [0.3, 0.4) is 0 Å². The summed E-state index contributed by atoms with van der Waals surface area (Å²) in [4.78, 5) is 0. The Hall–Kier alpha value is -0.470. The lowest BCUT2D eigenvalue weighted by molar-refractivity contribution is 0.590. The Morgan fingerprint density at radius 1 is 1.06 bits per heavy atom. The molecule has 0 unspecified atom stereocenters. The number of hydrogen-bond acceptors (Lipinski definition) is 1. The standard InChI is InChI=1S/C14H25NS/c1-14(2,3)13-8-6-12(7-9-13)10-11-15-16(4)5/h6-9,15-16H,10-11H2,1-5H3. The highest BCUT2D eigenvalue weighted by atomic mass is 32.2. The van der Waals surface area contributed by atoms with Gasteiger partial charge >= 0.3 is 0 Å². The molecule has 1 rings (SSSR count). The third-order valence-electron chi connectivity index (χ3n) is 2.66. The van der Waals surface area contributed by atoms with E-state index in [0.717, 1.165) is 13.0 Å². The first kappa shape index (κ1) is 13.6. The minimum absolute atomic E-state index is 0.0285. The zero-order chi connectivity index (χ0) is 12.2. The summed E-state index contributed by atoms with van der Waals surface area (Å²) in [5.41, 5.74) is 3.10. The van der Waals surface area contributed by atoms with Crippen molar-refractivity contribution in [3.8, 4) is 0 Å². The van der Waals surface area contributed by atoms with Gasteiger partial charge in [-0.1, -0.05) is 45.0 Å². The molecule has 1 aromatic rings. The average molecular weight is 239 g/mol. The van der Waals surface area contributed by atoms with E-state index in [1.54, 1.807) is 0 Å². The second-order valence-corrected chi connectivity index (χ2v) is 7.60. The molecule has 0 saturated heterocycles. The molecule has 0 aliphatic rings. The summed E-state index contributed by atoms with van der Waals surface area (Å²) in [5, 5.41) is 0. The van der Waals surface area contributed by atoms with E-state index in [1.807, 2.05) is 0 Å². The summed E-state index contributed by atoms with van der Waals surface area (Å²) in [5.74, 6) is 0. The van der Waals surface area contributed by atoms with E-state index in [1.165, 1.54) is 11.1 Å². The maximum absolute atomic E-state index is 3.50. The second-order valence-electron chi connectivity index (χ2n) is 5.50. The van der Waals surface area contributed by atoms with Gasteiger partial charge in [0.1, 0.15) is 0 Å². The van der Waals surface area contributed by atoms with E-state index < -0.39 is 0 Å². The first-order valence-corrected chi connectivity index (χ1v) is 8.13. The van der Waals surface area contributed by atoms with Gasteiger partial charge in [0.2, 0.25) is 0 Å². The van der Waals surface area contributed by atoms with Gasteiger partial charge in [-0.05, 0) is 35.5 Å². The van der Waals surface area contributed by atoms with Crippen molar-refractivity contribution in [3.05, 3.63) is 35.4 Å². The predicted molar refractivity (Wildman–Crippen MR) is 77.7 cm³/mol. The molecule has 0 saturated carbocycles. The molecule has 1 N–H and O–H groups in total. The molecule has 0 atom stereocenters. The van der Waals surface area contributed by atoms with Crippen LogP contribution in [0.5, 0.6) is 0 Å². The van der Waals surface area contributed by atoms with E-state index in [0.29, 0.717) is 0 Å². The minimum Gasteiger partial charge on any atom is -0.283 e. The molecule has 0 fully saturated rings. The third kappa shape index (κ3) is 4.58. The second kappa shape index (κ2) is 5.74. The zero-order valence-electron chi connectivity index (χ0n) is 11.2. The molecule has 0 bridgehead atoms. The van der Waals surface area contributed by atoms with Gasteiger partial charge in [-0.15, -0.1) is 0 Å². The van der Waals surface area contributed by atoms with Crippen molar-refractivity contribution in [1.82, 2.24) is 4.72 Å². The number of thiol groups is 1. The number of benzene rings is 1. The van der Waals surface area contributed by atoms with Crippen LogP contribution >= 0.6 is 11.1 Å². The molecule has 0 aliphatic heterocycles. The van der Waals surface area contributed by atoms with Crippen molar-refractivity contribution in [2.45, 2.75) is 32.6 Å². The normalized spacial score (nSPS) is 12.7. The first-order valence-electron chi connectivity index (χ1n) is 5.90. The van der Waals surface area contributed by atoms with E-state index in [-0.39, 0.29) is 16.5 Å². The summed E-state index contributed by atoms with van der Waals surface area (Å²) in [6.07, 6.45) is 5.63. The third-order valence-corrected chi connectivity index (χ3v) is 3.52. The van der Waals surface area contributed by atoms with Crippen LogP contribution in [-0.4, -0.2) is 19.1 Å². The van der Waals surface area contributed by atoms with Crippen LogP contribution in [0.4, 0.5) is 0 Å². The molecule has 0 radical (unpaired) electrons. The van der Waals surface area contributed by atoms with Gasteiger partial charge in [0.05, 0.1) is 0 Å². The van der Waals surface area contributed by atoms with Crippen molar-refractivity contribution in [2.24, 2.45) is 0 Å². The fourth-order valence-electron chi connectivity index (χ4n) is 1.60. The molecule has 1 aromatic carbocycles. The molecule has 1 nitrogen and oxygen atoms in total. The first-order chi connectivity index (χ1) is 7.39. The van der Waals surface area contributed by atoms with Crippen LogP contribution in [0.15, 0.2) is 24.3 Å². The van der Waals surface area contributed by atoms with Crippen molar-refractivity contribution < 1.29 is 0 Å². The van der Waals surface area contributed by atoms with Crippen LogP contribution in [0, 0.1) is 0 Å². The summed E-state index contributed by atoms with van der Waals surface area (Å²) < 4.78 is 3.50. The Balaban J connectivity index is 2.52. The highest BCUT2D eigenvalue weighted by molar-refractivity contribution is 8.14. The molecule has 0 aromatic heterocycles. The molecule has 2 heteroatoms. The average Bonchev–Trinajstić information content (AvgIpc) is 2.16. The Labute approximate surface area is 103 Å². The van der Waals surface area contributed by atoms with E-state index >= 15 is 0 Å². The van der Waals surface area contributed by atoms with Gasteiger partial charge in [0, 0.05) is 6.54 Å².